The molecule has 31 heavy (non-hydrogen) atoms. The lowest BCUT2D eigenvalue weighted by molar-refractivity contribution is -0.137. The van der Waals surface area contributed by atoms with Crippen molar-refractivity contribution in [2.45, 2.75) is 51.3 Å². The molecule has 0 aliphatic heterocycles. The van der Waals surface area contributed by atoms with Crippen molar-refractivity contribution in [2.75, 3.05) is 5.75 Å². The van der Waals surface area contributed by atoms with Gasteiger partial charge in [-0.15, -0.1) is 0 Å². The number of carbonyl (C=O) groups is 2. The normalized spacial score (nSPS) is 13.6. The number of hydrogen-bond acceptors (Lipinski definition) is 5. The Bertz CT molecular complexity index is 1010. The molecular formula is C23H29NO6S. The molecule has 2 N–H and O–H groups in total. The van der Waals surface area contributed by atoms with Crippen molar-refractivity contribution < 1.29 is 27.9 Å². The summed E-state index contributed by atoms with van der Waals surface area (Å²) in [7, 11) is -3.32. The number of nitrogens with one attached hydrogen (secondary N) is 1. The van der Waals surface area contributed by atoms with Crippen LogP contribution in [0, 0.1) is 5.92 Å². The molecule has 1 unspecified atom stereocenters. The topological polar surface area (TPSA) is 110 Å². The van der Waals surface area contributed by atoms with Crippen LogP contribution in [-0.2, 0) is 26.0 Å². The van der Waals surface area contributed by atoms with E-state index in [1.807, 2.05) is 20.8 Å². The molecule has 1 amide bonds. The number of amides is 1. The molecule has 0 radical (unpaired) electrons. The first kappa shape index (κ1) is 24.6. The predicted molar refractivity (Wildman–Crippen MR) is 118 cm³/mol. The van der Waals surface area contributed by atoms with Gasteiger partial charge in [-0.1, -0.05) is 45.0 Å². The van der Waals surface area contributed by atoms with Gasteiger partial charge in [0, 0.05) is 0 Å². The number of carboxylic acid groups (broad SMARTS) is 1. The van der Waals surface area contributed by atoms with Gasteiger partial charge in [-0.3, -0.25) is 4.79 Å². The van der Waals surface area contributed by atoms with E-state index < -0.39 is 21.9 Å². The van der Waals surface area contributed by atoms with Crippen molar-refractivity contribution in [1.82, 2.24) is 5.32 Å². The van der Waals surface area contributed by atoms with Gasteiger partial charge in [-0.05, 0) is 48.2 Å². The van der Waals surface area contributed by atoms with Crippen molar-refractivity contribution in [2.24, 2.45) is 5.92 Å². The van der Waals surface area contributed by atoms with Gasteiger partial charge in [-0.25, -0.2) is 13.2 Å². The van der Waals surface area contributed by atoms with Crippen LogP contribution in [0.2, 0.25) is 0 Å². The Morgan fingerprint density at radius 3 is 2.26 bits per heavy atom. The van der Waals surface area contributed by atoms with Crippen LogP contribution in [0.1, 0.15) is 55.2 Å². The van der Waals surface area contributed by atoms with Crippen LogP contribution in [0.4, 0.5) is 0 Å². The zero-order chi connectivity index (χ0) is 23.2. The van der Waals surface area contributed by atoms with E-state index >= 15 is 0 Å². The van der Waals surface area contributed by atoms with E-state index in [0.29, 0.717) is 5.56 Å². The summed E-state index contributed by atoms with van der Waals surface area (Å²) in [5.74, 6) is -1.39. The molecule has 0 fully saturated rings. The highest BCUT2D eigenvalue weighted by Crippen LogP contribution is 2.18. The van der Waals surface area contributed by atoms with E-state index in [1.54, 1.807) is 43.3 Å². The van der Waals surface area contributed by atoms with Crippen LogP contribution >= 0.6 is 0 Å². The molecule has 2 rings (SSSR count). The zero-order valence-corrected chi connectivity index (χ0v) is 19.0. The van der Waals surface area contributed by atoms with Gasteiger partial charge < -0.3 is 15.2 Å². The number of aromatic carboxylic acids is 1. The second kappa shape index (κ2) is 10.5. The third kappa shape index (κ3) is 6.63. The van der Waals surface area contributed by atoms with Gasteiger partial charge in [0.25, 0.3) is 0 Å². The summed E-state index contributed by atoms with van der Waals surface area (Å²) in [5, 5.41) is 11.9. The maximum Gasteiger partial charge on any atom is 0.335 e. The average molecular weight is 448 g/mol. The summed E-state index contributed by atoms with van der Waals surface area (Å²) >= 11 is 0. The average Bonchev–Trinajstić information content (AvgIpc) is 2.73. The largest absolute Gasteiger partial charge is 0.478 e. The zero-order valence-electron chi connectivity index (χ0n) is 18.2. The second-order valence-corrected chi connectivity index (χ2v) is 9.96. The molecule has 2 atom stereocenters. The number of benzene rings is 2. The van der Waals surface area contributed by atoms with Crippen LogP contribution in [0.15, 0.2) is 53.4 Å². The molecule has 0 bridgehead atoms. The summed E-state index contributed by atoms with van der Waals surface area (Å²) < 4.78 is 30.0. The Balaban J connectivity index is 2.06. The van der Waals surface area contributed by atoms with Gasteiger partial charge in [0.2, 0.25) is 5.91 Å². The Morgan fingerprint density at radius 1 is 1.06 bits per heavy atom. The van der Waals surface area contributed by atoms with Gasteiger partial charge in [0.1, 0.15) is 6.10 Å². The van der Waals surface area contributed by atoms with Gasteiger partial charge in [0.15, 0.2) is 9.84 Å². The van der Waals surface area contributed by atoms with E-state index in [9.17, 15) is 18.0 Å². The Labute approximate surface area is 183 Å². The van der Waals surface area contributed by atoms with Gasteiger partial charge in [0.05, 0.1) is 28.9 Å². The molecule has 0 spiro atoms. The first-order chi connectivity index (χ1) is 14.5. The first-order valence-electron chi connectivity index (χ1n) is 10.1. The summed E-state index contributed by atoms with van der Waals surface area (Å²) in [6.45, 7) is 7.24. The Morgan fingerprint density at radius 2 is 1.71 bits per heavy atom. The molecule has 7 nitrogen and oxygen atoms in total. The van der Waals surface area contributed by atoms with Gasteiger partial charge >= 0.3 is 5.97 Å². The molecular weight excluding hydrogens is 418 g/mol. The van der Waals surface area contributed by atoms with E-state index in [1.165, 1.54) is 12.1 Å². The third-order valence-corrected chi connectivity index (χ3v) is 6.68. The number of carboxylic acids is 1. The SMILES string of the molecule is CCS(=O)(=O)c1cccc(COC(C(=O)N[C@@H](C)c2ccc(C(=O)O)cc2)C(C)C)c1. The van der Waals surface area contributed by atoms with E-state index in [0.717, 1.165) is 5.56 Å². The lowest BCUT2D eigenvalue weighted by Crippen LogP contribution is -2.40. The van der Waals surface area contributed by atoms with Crippen LogP contribution < -0.4 is 5.32 Å². The lowest BCUT2D eigenvalue weighted by atomic mass is 10.0. The summed E-state index contributed by atoms with van der Waals surface area (Å²) in [6, 6.07) is 12.5. The number of sulfone groups is 1. The fraction of sp³-hybridized carbons (Fsp3) is 0.391. The fourth-order valence-electron chi connectivity index (χ4n) is 3.05. The van der Waals surface area contributed by atoms with Crippen molar-refractivity contribution in [1.29, 1.82) is 0 Å². The highest BCUT2D eigenvalue weighted by Gasteiger charge is 2.25. The van der Waals surface area contributed by atoms with Crippen molar-refractivity contribution >= 4 is 21.7 Å². The Kier molecular flexibility index (Phi) is 8.36. The molecule has 2 aromatic carbocycles. The molecule has 0 aliphatic rings. The predicted octanol–water partition coefficient (Wildman–Crippen LogP) is 3.60. The molecule has 0 saturated carbocycles. The van der Waals surface area contributed by atoms with E-state index in [2.05, 4.69) is 5.32 Å². The van der Waals surface area contributed by atoms with E-state index in [-0.39, 0.29) is 40.7 Å². The van der Waals surface area contributed by atoms with Crippen LogP contribution in [-0.4, -0.2) is 37.3 Å². The van der Waals surface area contributed by atoms with Crippen LogP contribution in [0.3, 0.4) is 0 Å². The summed E-state index contributed by atoms with van der Waals surface area (Å²) in [6.07, 6.45) is -0.729. The number of hydrogen-bond donors (Lipinski definition) is 2. The lowest BCUT2D eigenvalue weighted by Gasteiger charge is -2.24. The summed E-state index contributed by atoms with van der Waals surface area (Å²) in [5.41, 5.74) is 1.63. The van der Waals surface area contributed by atoms with Crippen LogP contribution in [0.25, 0.3) is 0 Å². The second-order valence-electron chi connectivity index (χ2n) is 7.68. The highest BCUT2D eigenvalue weighted by atomic mass is 32.2. The molecule has 2 aromatic rings. The van der Waals surface area contributed by atoms with Crippen LogP contribution in [0.5, 0.6) is 0 Å². The molecule has 8 heteroatoms. The number of ether oxygens (including phenoxy) is 1. The van der Waals surface area contributed by atoms with Gasteiger partial charge in [-0.2, -0.15) is 0 Å². The minimum absolute atomic E-state index is 0.0136. The van der Waals surface area contributed by atoms with Crippen molar-refractivity contribution in [3.05, 3.63) is 65.2 Å². The smallest absolute Gasteiger partial charge is 0.335 e. The number of rotatable bonds is 10. The standard InChI is InChI=1S/C23H29NO6S/c1-5-31(28,29)20-8-6-7-17(13-20)14-30-21(15(2)3)22(25)24-16(4)18-9-11-19(12-10-18)23(26)27/h6-13,15-16,21H,5,14H2,1-4H3,(H,24,25)(H,26,27)/t16-,21?/m0/s1. The van der Waals surface area contributed by atoms with E-state index in [4.69, 9.17) is 9.84 Å². The maximum atomic E-state index is 12.8. The minimum Gasteiger partial charge on any atom is -0.478 e. The molecule has 0 heterocycles. The quantitative estimate of drug-likeness (QED) is 0.576. The Hall–Kier alpha value is -2.71. The molecule has 168 valence electrons. The molecule has 0 aromatic heterocycles. The summed E-state index contributed by atoms with van der Waals surface area (Å²) in [4.78, 5) is 24.0. The fourth-order valence-corrected chi connectivity index (χ4v) is 4.00. The number of carbonyl (C=O) groups excluding carboxylic acids is 1. The molecule has 0 saturated heterocycles. The van der Waals surface area contributed by atoms with Crippen molar-refractivity contribution in [3.63, 3.8) is 0 Å². The van der Waals surface area contributed by atoms with Crippen molar-refractivity contribution in [3.8, 4) is 0 Å². The third-order valence-electron chi connectivity index (χ3n) is 4.95. The minimum atomic E-state index is -3.32. The first-order valence-corrected chi connectivity index (χ1v) is 11.8. The highest BCUT2D eigenvalue weighted by molar-refractivity contribution is 7.91. The monoisotopic (exact) mass is 447 g/mol. The molecule has 0 aliphatic carbocycles. The maximum absolute atomic E-state index is 12.8.